The Hall–Kier alpha value is -1.26. The van der Waals surface area contributed by atoms with Crippen LogP contribution in [0.1, 0.15) is 18.1 Å². The molecule has 2 aromatic rings. The van der Waals surface area contributed by atoms with Crippen LogP contribution in [0.3, 0.4) is 0 Å². The van der Waals surface area contributed by atoms with Crippen molar-refractivity contribution < 1.29 is 9.90 Å². The Balaban J connectivity index is 2.62. The molecule has 16 heavy (non-hydrogen) atoms. The van der Waals surface area contributed by atoms with Gasteiger partial charge in [-0.25, -0.2) is 0 Å². The van der Waals surface area contributed by atoms with Gasteiger partial charge in [0.2, 0.25) is 0 Å². The van der Waals surface area contributed by atoms with Crippen molar-refractivity contribution in [2.24, 2.45) is 0 Å². The zero-order valence-corrected chi connectivity index (χ0v) is 10.0. The number of rotatable bonds is 3. The number of aliphatic hydroxyl groups excluding tert-OH is 1. The number of halogens is 1. The molecule has 1 aromatic heterocycles. The van der Waals surface area contributed by atoms with Crippen LogP contribution < -0.4 is 0 Å². The monoisotopic (exact) mass is 279 g/mol. The Labute approximate surface area is 101 Å². The van der Waals surface area contributed by atoms with E-state index in [2.05, 4.69) is 20.9 Å². The van der Waals surface area contributed by atoms with Crippen molar-refractivity contribution in [2.75, 3.05) is 0 Å². The fourth-order valence-corrected chi connectivity index (χ4v) is 2.10. The van der Waals surface area contributed by atoms with Crippen LogP contribution in [0.15, 0.2) is 34.9 Å². The van der Waals surface area contributed by atoms with Gasteiger partial charge < -0.3 is 9.90 Å². The predicted molar refractivity (Wildman–Crippen MR) is 65.1 cm³/mol. The third-order valence-electron chi connectivity index (χ3n) is 2.43. The van der Waals surface area contributed by atoms with Gasteiger partial charge in [-0.1, -0.05) is 28.1 Å². The Morgan fingerprint density at radius 3 is 3.00 bits per heavy atom. The molecule has 2 rings (SSSR count). The lowest BCUT2D eigenvalue weighted by Gasteiger charge is -2.11. The third kappa shape index (κ3) is 1.99. The van der Waals surface area contributed by atoms with E-state index in [0.29, 0.717) is 11.8 Å². The van der Waals surface area contributed by atoms with E-state index in [1.54, 1.807) is 12.3 Å². The van der Waals surface area contributed by atoms with Gasteiger partial charge in [0.25, 0.3) is 0 Å². The van der Waals surface area contributed by atoms with Gasteiger partial charge >= 0.3 is 0 Å². The molecule has 1 unspecified atom stereocenters. The Bertz CT molecular complexity index is 527. The number of nitrogens with zero attached hydrogens (tertiary/aromatic N) is 1. The molecule has 1 heterocycles. The van der Waals surface area contributed by atoms with E-state index in [9.17, 15) is 9.90 Å². The van der Waals surface area contributed by atoms with E-state index in [4.69, 9.17) is 0 Å². The van der Waals surface area contributed by atoms with Crippen LogP contribution in [0.25, 0.3) is 10.9 Å². The minimum absolute atomic E-state index is 0.0906. The molecule has 0 saturated heterocycles. The Morgan fingerprint density at radius 1 is 1.44 bits per heavy atom. The summed E-state index contributed by atoms with van der Waals surface area (Å²) in [6.07, 6.45) is 1.68. The van der Waals surface area contributed by atoms with Crippen molar-refractivity contribution in [3.05, 3.63) is 40.5 Å². The molecule has 0 bridgehead atoms. The molecule has 0 amide bonds. The SMILES string of the molecule is O=CCC(O)c1ccc(Br)c2cccnc12. The number of fused-ring (bicyclic) bond motifs is 1. The second-order valence-corrected chi connectivity index (χ2v) is 4.31. The lowest BCUT2D eigenvalue weighted by atomic mass is 10.0. The van der Waals surface area contributed by atoms with Crippen LogP contribution in [0.4, 0.5) is 0 Å². The van der Waals surface area contributed by atoms with Gasteiger partial charge in [0.05, 0.1) is 11.6 Å². The lowest BCUT2D eigenvalue weighted by molar-refractivity contribution is -0.109. The van der Waals surface area contributed by atoms with Gasteiger partial charge in [-0.3, -0.25) is 4.98 Å². The largest absolute Gasteiger partial charge is 0.388 e. The van der Waals surface area contributed by atoms with Gasteiger partial charge in [-0.05, 0) is 12.1 Å². The summed E-state index contributed by atoms with van der Waals surface area (Å²) in [5.74, 6) is 0. The highest BCUT2D eigenvalue weighted by Crippen LogP contribution is 2.29. The average Bonchev–Trinajstić information content (AvgIpc) is 2.30. The topological polar surface area (TPSA) is 50.2 Å². The average molecular weight is 280 g/mol. The highest BCUT2D eigenvalue weighted by Gasteiger charge is 2.12. The highest BCUT2D eigenvalue weighted by molar-refractivity contribution is 9.10. The molecule has 1 N–H and O–H groups in total. The third-order valence-corrected chi connectivity index (χ3v) is 3.12. The number of aromatic nitrogens is 1. The first kappa shape index (κ1) is 11.2. The van der Waals surface area contributed by atoms with E-state index < -0.39 is 6.10 Å². The van der Waals surface area contributed by atoms with Gasteiger partial charge in [-0.2, -0.15) is 0 Å². The summed E-state index contributed by atoms with van der Waals surface area (Å²) >= 11 is 3.43. The summed E-state index contributed by atoms with van der Waals surface area (Å²) in [6.45, 7) is 0. The summed E-state index contributed by atoms with van der Waals surface area (Å²) in [7, 11) is 0. The molecule has 1 atom stereocenters. The fraction of sp³-hybridized carbons (Fsp3) is 0.167. The van der Waals surface area contributed by atoms with Crippen LogP contribution in [-0.2, 0) is 4.79 Å². The van der Waals surface area contributed by atoms with Crippen LogP contribution >= 0.6 is 15.9 Å². The van der Waals surface area contributed by atoms with E-state index in [-0.39, 0.29) is 6.42 Å². The number of aliphatic hydroxyl groups is 1. The van der Waals surface area contributed by atoms with Crippen molar-refractivity contribution in [2.45, 2.75) is 12.5 Å². The number of pyridine rings is 1. The minimum Gasteiger partial charge on any atom is -0.388 e. The van der Waals surface area contributed by atoms with Crippen LogP contribution in [0.2, 0.25) is 0 Å². The molecule has 1 aromatic carbocycles. The first-order chi connectivity index (χ1) is 7.74. The zero-order chi connectivity index (χ0) is 11.5. The molecular weight excluding hydrogens is 270 g/mol. The maximum absolute atomic E-state index is 10.4. The van der Waals surface area contributed by atoms with Crippen LogP contribution in [0.5, 0.6) is 0 Å². The van der Waals surface area contributed by atoms with Crippen LogP contribution in [-0.4, -0.2) is 16.4 Å². The molecule has 0 aliphatic rings. The Morgan fingerprint density at radius 2 is 2.25 bits per heavy atom. The lowest BCUT2D eigenvalue weighted by Crippen LogP contribution is -2.00. The second kappa shape index (κ2) is 4.72. The first-order valence-electron chi connectivity index (χ1n) is 4.89. The molecule has 0 spiro atoms. The van der Waals surface area contributed by atoms with Gasteiger partial charge in [0.15, 0.2) is 0 Å². The van der Waals surface area contributed by atoms with Gasteiger partial charge in [0, 0.05) is 28.0 Å². The predicted octanol–water partition coefficient (Wildman–Crippen LogP) is 2.62. The van der Waals surface area contributed by atoms with Crippen molar-refractivity contribution in [1.29, 1.82) is 0 Å². The molecule has 0 fully saturated rings. The van der Waals surface area contributed by atoms with Crippen molar-refractivity contribution >= 4 is 33.1 Å². The summed E-state index contributed by atoms with van der Waals surface area (Å²) in [5, 5.41) is 10.8. The van der Waals surface area contributed by atoms with E-state index in [1.165, 1.54) is 0 Å². The molecule has 82 valence electrons. The fourth-order valence-electron chi connectivity index (χ4n) is 1.65. The normalized spacial score (nSPS) is 12.6. The van der Waals surface area contributed by atoms with E-state index in [1.807, 2.05) is 18.2 Å². The summed E-state index contributed by atoms with van der Waals surface area (Å²) in [6, 6.07) is 7.40. The van der Waals surface area contributed by atoms with Crippen molar-refractivity contribution in [1.82, 2.24) is 4.98 Å². The molecule has 0 radical (unpaired) electrons. The number of hydrogen-bond donors (Lipinski definition) is 1. The summed E-state index contributed by atoms with van der Waals surface area (Å²) in [4.78, 5) is 14.6. The smallest absolute Gasteiger partial charge is 0.122 e. The van der Waals surface area contributed by atoms with Crippen LogP contribution in [0, 0.1) is 0 Å². The van der Waals surface area contributed by atoms with Crippen molar-refractivity contribution in [3.8, 4) is 0 Å². The molecule has 4 heteroatoms. The standard InChI is InChI=1S/C12H10BrNO2/c13-10-4-3-9(11(16)5-7-15)12-8(10)2-1-6-14-12/h1-4,6-7,11,16H,5H2. The van der Waals surface area contributed by atoms with Gasteiger partial charge in [-0.15, -0.1) is 0 Å². The number of hydrogen-bond acceptors (Lipinski definition) is 3. The number of carbonyl (C=O) groups excluding carboxylic acids is 1. The Kier molecular flexibility index (Phi) is 3.31. The first-order valence-corrected chi connectivity index (χ1v) is 5.68. The molecule has 0 aliphatic carbocycles. The second-order valence-electron chi connectivity index (χ2n) is 3.45. The number of aldehydes is 1. The number of carbonyl (C=O) groups is 1. The molecule has 3 nitrogen and oxygen atoms in total. The van der Waals surface area contributed by atoms with Gasteiger partial charge in [0.1, 0.15) is 6.29 Å². The minimum atomic E-state index is -0.789. The van der Waals surface area contributed by atoms with Crippen molar-refractivity contribution in [3.63, 3.8) is 0 Å². The molecular formula is C12H10BrNO2. The molecule has 0 saturated carbocycles. The van der Waals surface area contributed by atoms with E-state index >= 15 is 0 Å². The molecule has 0 aliphatic heterocycles. The quantitative estimate of drug-likeness (QED) is 0.879. The zero-order valence-electron chi connectivity index (χ0n) is 8.43. The van der Waals surface area contributed by atoms with E-state index in [0.717, 1.165) is 15.4 Å². The highest BCUT2D eigenvalue weighted by atomic mass is 79.9. The summed E-state index contributed by atoms with van der Waals surface area (Å²) in [5.41, 5.74) is 1.41. The number of benzene rings is 1. The summed E-state index contributed by atoms with van der Waals surface area (Å²) < 4.78 is 0.928. The maximum atomic E-state index is 10.4. The maximum Gasteiger partial charge on any atom is 0.122 e.